The maximum Gasteiger partial charge on any atom is 0.152 e. The highest BCUT2D eigenvalue weighted by molar-refractivity contribution is 5.84. The van der Waals surface area contributed by atoms with E-state index in [1.54, 1.807) is 7.11 Å². The molecule has 0 aliphatic rings. The van der Waals surface area contributed by atoms with Gasteiger partial charge in [-0.15, -0.1) is 0 Å². The van der Waals surface area contributed by atoms with Crippen LogP contribution in [0.5, 0.6) is 0 Å². The van der Waals surface area contributed by atoms with Crippen molar-refractivity contribution < 1.29 is 9.53 Å². The third kappa shape index (κ3) is 11.0. The number of nitrogens with one attached hydrogen (secondary N) is 1. The van der Waals surface area contributed by atoms with Crippen molar-refractivity contribution in [1.82, 2.24) is 5.32 Å². The molecule has 3 heteroatoms. The number of methoxy groups -OCH3 is 1. The minimum absolute atomic E-state index is 0.0597. The lowest BCUT2D eigenvalue weighted by atomic mass is 9.90. The van der Waals surface area contributed by atoms with E-state index in [1.807, 2.05) is 20.0 Å². The average Bonchev–Trinajstić information content (AvgIpc) is 2.55. The molecule has 1 N–H and O–H groups in total. The number of ether oxygens (including phenoxy) is 1. The summed E-state index contributed by atoms with van der Waals surface area (Å²) in [5.74, 6) is 0.591. The second kappa shape index (κ2) is 16.7. The van der Waals surface area contributed by atoms with Crippen LogP contribution in [0.3, 0.4) is 0 Å². The van der Waals surface area contributed by atoms with Gasteiger partial charge in [0.2, 0.25) is 0 Å². The van der Waals surface area contributed by atoms with Crippen LogP contribution in [0.1, 0.15) is 73.1 Å². The predicted molar refractivity (Wildman–Crippen MR) is 97.4 cm³/mol. The number of ketones is 1. The molecule has 0 fully saturated rings. The van der Waals surface area contributed by atoms with E-state index < -0.39 is 0 Å². The third-order valence-corrected chi connectivity index (χ3v) is 3.84. The molecule has 3 atom stereocenters. The fourth-order valence-electron chi connectivity index (χ4n) is 2.20. The summed E-state index contributed by atoms with van der Waals surface area (Å²) >= 11 is 0. The summed E-state index contributed by atoms with van der Waals surface area (Å²) in [6.07, 6.45) is 10.3. The predicted octanol–water partition coefficient (Wildman–Crippen LogP) is 4.76. The Morgan fingerprint density at radius 1 is 1.18 bits per heavy atom. The number of rotatable bonds is 11. The van der Waals surface area contributed by atoms with E-state index in [1.165, 1.54) is 12.8 Å². The highest BCUT2D eigenvalue weighted by Gasteiger charge is 2.29. The first-order chi connectivity index (χ1) is 10.5. The molecule has 0 aromatic heterocycles. The molecule has 0 bridgehead atoms. The lowest BCUT2D eigenvalue weighted by Gasteiger charge is -2.29. The van der Waals surface area contributed by atoms with Crippen LogP contribution in [0.15, 0.2) is 12.2 Å². The number of unbranched alkanes of at least 4 members (excludes halogenated alkanes) is 2. The number of Topliss-reactive ketones (excluding diaryl/α,β-unsaturated/α-hetero) is 1. The summed E-state index contributed by atoms with van der Waals surface area (Å²) in [5, 5.41) is 3.12. The normalized spacial score (nSPS) is 15.0. The average molecular weight is 314 g/mol. The standard InChI is InChI=1S/C15H29NO2.C4H10/c1-6-8-10-12(3)15(18-5)14(16-4)13(17)11-9-7-2;1-3-4-2/h6,8,12,14-16H,7,9-11H2,1-5H3;3-4H2,1-2H3/b8-6+;/t12-,14?,15-;/m1./s1. The van der Waals surface area contributed by atoms with Crippen LogP contribution in [0.25, 0.3) is 0 Å². The Hall–Kier alpha value is -0.670. The Balaban J connectivity index is 0. The molecule has 22 heavy (non-hydrogen) atoms. The van der Waals surface area contributed by atoms with Crippen LogP contribution in [-0.2, 0) is 9.53 Å². The quantitative estimate of drug-likeness (QED) is 0.559. The fraction of sp³-hybridized carbons (Fsp3) is 0.842. The molecule has 0 aliphatic heterocycles. The van der Waals surface area contributed by atoms with E-state index in [2.05, 4.69) is 39.1 Å². The number of hydrogen-bond donors (Lipinski definition) is 1. The smallest absolute Gasteiger partial charge is 0.152 e. The van der Waals surface area contributed by atoms with E-state index in [0.29, 0.717) is 12.3 Å². The van der Waals surface area contributed by atoms with Crippen LogP contribution in [-0.4, -0.2) is 32.1 Å². The molecule has 0 saturated heterocycles. The number of carbonyl (C=O) groups excluding carboxylic acids is 1. The van der Waals surface area contributed by atoms with E-state index in [9.17, 15) is 4.79 Å². The van der Waals surface area contributed by atoms with Crippen molar-refractivity contribution >= 4 is 5.78 Å². The van der Waals surface area contributed by atoms with Gasteiger partial charge in [0.1, 0.15) is 0 Å². The zero-order valence-corrected chi connectivity index (χ0v) is 15.9. The zero-order valence-electron chi connectivity index (χ0n) is 15.9. The third-order valence-electron chi connectivity index (χ3n) is 3.84. The van der Waals surface area contributed by atoms with Crippen molar-refractivity contribution in [3.63, 3.8) is 0 Å². The monoisotopic (exact) mass is 313 g/mol. The van der Waals surface area contributed by atoms with Crippen LogP contribution >= 0.6 is 0 Å². The van der Waals surface area contributed by atoms with E-state index in [-0.39, 0.29) is 17.9 Å². The molecule has 0 rings (SSSR count). The van der Waals surface area contributed by atoms with Gasteiger partial charge in [-0.1, -0.05) is 59.1 Å². The SMILES string of the molecule is C/C=C/C[C@@H](C)[C@@H](OC)C(NC)C(=O)CCCC.CCCC. The summed E-state index contributed by atoms with van der Waals surface area (Å²) < 4.78 is 5.55. The van der Waals surface area contributed by atoms with E-state index in [0.717, 1.165) is 19.3 Å². The van der Waals surface area contributed by atoms with Gasteiger partial charge in [0, 0.05) is 13.5 Å². The van der Waals surface area contributed by atoms with Gasteiger partial charge in [0.15, 0.2) is 5.78 Å². The lowest BCUT2D eigenvalue weighted by molar-refractivity contribution is -0.125. The summed E-state index contributed by atoms with van der Waals surface area (Å²) in [5.41, 5.74) is 0. The maximum atomic E-state index is 12.2. The van der Waals surface area contributed by atoms with Gasteiger partial charge in [-0.25, -0.2) is 0 Å². The van der Waals surface area contributed by atoms with Gasteiger partial charge in [0.05, 0.1) is 12.1 Å². The second-order valence-electron chi connectivity index (χ2n) is 5.82. The minimum atomic E-state index is -0.193. The van der Waals surface area contributed by atoms with Crippen LogP contribution in [0, 0.1) is 5.92 Å². The summed E-state index contributed by atoms with van der Waals surface area (Å²) in [4.78, 5) is 12.2. The summed E-state index contributed by atoms with van der Waals surface area (Å²) in [6, 6.07) is -0.193. The largest absolute Gasteiger partial charge is 0.379 e. The van der Waals surface area contributed by atoms with Gasteiger partial charge in [0.25, 0.3) is 0 Å². The first kappa shape index (κ1) is 23.6. The van der Waals surface area contributed by atoms with Crippen LogP contribution in [0.2, 0.25) is 0 Å². The molecule has 0 radical (unpaired) electrons. The molecule has 0 spiro atoms. The molecule has 1 unspecified atom stereocenters. The molecule has 0 saturated carbocycles. The Morgan fingerprint density at radius 3 is 2.14 bits per heavy atom. The highest BCUT2D eigenvalue weighted by atomic mass is 16.5. The molecule has 0 heterocycles. The summed E-state index contributed by atoms with van der Waals surface area (Å²) in [6.45, 7) is 10.6. The van der Waals surface area contributed by atoms with Gasteiger partial charge < -0.3 is 10.1 Å². The van der Waals surface area contributed by atoms with Gasteiger partial charge in [-0.3, -0.25) is 4.79 Å². The second-order valence-corrected chi connectivity index (χ2v) is 5.82. The molecule has 0 aromatic carbocycles. The topological polar surface area (TPSA) is 38.3 Å². The van der Waals surface area contributed by atoms with Gasteiger partial charge in [-0.2, -0.15) is 0 Å². The van der Waals surface area contributed by atoms with Crippen molar-refractivity contribution in [2.24, 2.45) is 5.92 Å². The van der Waals surface area contributed by atoms with E-state index in [4.69, 9.17) is 4.74 Å². The Labute approximate surface area is 138 Å². The number of allylic oxidation sites excluding steroid dienone is 2. The fourth-order valence-corrected chi connectivity index (χ4v) is 2.20. The van der Waals surface area contributed by atoms with Crippen LogP contribution < -0.4 is 5.32 Å². The van der Waals surface area contributed by atoms with Crippen molar-refractivity contribution in [2.75, 3.05) is 14.2 Å². The van der Waals surface area contributed by atoms with Gasteiger partial charge in [-0.05, 0) is 32.7 Å². The molecular formula is C19H39NO2. The first-order valence-corrected chi connectivity index (χ1v) is 8.87. The minimum Gasteiger partial charge on any atom is -0.379 e. The van der Waals surface area contributed by atoms with Crippen LogP contribution in [0.4, 0.5) is 0 Å². The van der Waals surface area contributed by atoms with Crippen molar-refractivity contribution in [1.29, 1.82) is 0 Å². The Kier molecular flexibility index (Phi) is 17.9. The molecule has 0 amide bonds. The molecule has 3 nitrogen and oxygen atoms in total. The maximum absolute atomic E-state index is 12.2. The zero-order chi connectivity index (χ0) is 17.4. The molecule has 0 aromatic rings. The molecule has 132 valence electrons. The summed E-state index contributed by atoms with van der Waals surface area (Å²) in [7, 11) is 3.52. The molecular weight excluding hydrogens is 274 g/mol. The highest BCUT2D eigenvalue weighted by Crippen LogP contribution is 2.17. The first-order valence-electron chi connectivity index (χ1n) is 8.87. The van der Waals surface area contributed by atoms with Crippen molar-refractivity contribution in [2.45, 2.75) is 85.3 Å². The Morgan fingerprint density at radius 2 is 1.77 bits per heavy atom. The van der Waals surface area contributed by atoms with Crippen molar-refractivity contribution in [3.05, 3.63) is 12.2 Å². The number of likely N-dealkylation sites (N-methyl/N-ethyl adjacent to an activating group) is 1. The number of carbonyl (C=O) groups is 1. The lowest BCUT2D eigenvalue weighted by Crippen LogP contribution is -2.48. The number of hydrogen-bond acceptors (Lipinski definition) is 3. The Bertz CT molecular complexity index is 275. The van der Waals surface area contributed by atoms with Crippen molar-refractivity contribution in [3.8, 4) is 0 Å². The molecule has 0 aliphatic carbocycles. The van der Waals surface area contributed by atoms with Gasteiger partial charge >= 0.3 is 0 Å². The van der Waals surface area contributed by atoms with E-state index >= 15 is 0 Å².